The van der Waals surface area contributed by atoms with Crippen LogP contribution in [0.25, 0.3) is 0 Å². The maximum atomic E-state index is 6.22. The first kappa shape index (κ1) is 20.1. The lowest BCUT2D eigenvalue weighted by Crippen LogP contribution is -2.42. The first-order valence-electron chi connectivity index (χ1n) is 8.88. The largest absolute Gasteiger partial charge is 0.394 e. The van der Waals surface area contributed by atoms with Gasteiger partial charge in [0.2, 0.25) is 0 Å². The van der Waals surface area contributed by atoms with Crippen LogP contribution in [0.4, 0.5) is 0 Å². The lowest BCUT2D eigenvalue weighted by molar-refractivity contribution is 0.150. The van der Waals surface area contributed by atoms with Gasteiger partial charge in [0.1, 0.15) is 0 Å². The third-order valence-electron chi connectivity index (χ3n) is 3.87. The summed E-state index contributed by atoms with van der Waals surface area (Å²) in [5, 5.41) is 0. The van der Waals surface area contributed by atoms with E-state index in [0.717, 1.165) is 25.3 Å². The van der Waals surface area contributed by atoms with Gasteiger partial charge in [0, 0.05) is 13.2 Å². The molecule has 0 radical (unpaired) electrons. The van der Waals surface area contributed by atoms with Crippen LogP contribution >= 0.6 is 0 Å². The van der Waals surface area contributed by atoms with Gasteiger partial charge in [-0.05, 0) is 24.4 Å². The fourth-order valence-corrected chi connectivity index (χ4v) is 4.89. The molecular weight excluding hydrogens is 264 g/mol. The molecule has 0 spiro atoms. The number of rotatable bonds is 14. The van der Waals surface area contributed by atoms with E-state index in [0.29, 0.717) is 5.92 Å². The molecule has 122 valence electrons. The quantitative estimate of drug-likeness (QED) is 0.293. The van der Waals surface area contributed by atoms with E-state index in [-0.39, 0.29) is 0 Å². The van der Waals surface area contributed by atoms with E-state index in [4.69, 9.17) is 8.85 Å². The highest BCUT2D eigenvalue weighted by molar-refractivity contribution is 6.67. The van der Waals surface area contributed by atoms with Crippen molar-refractivity contribution in [2.75, 3.05) is 13.2 Å². The van der Waals surface area contributed by atoms with Gasteiger partial charge in [-0.2, -0.15) is 0 Å². The zero-order valence-electron chi connectivity index (χ0n) is 14.7. The summed E-state index contributed by atoms with van der Waals surface area (Å²) in [6, 6.07) is 2.15. The van der Waals surface area contributed by atoms with Crippen molar-refractivity contribution < 1.29 is 8.85 Å². The minimum atomic E-state index is -1.89. The third-order valence-corrected chi connectivity index (χ3v) is 7.45. The molecule has 0 amide bonds. The first-order chi connectivity index (χ1) is 9.60. The molecule has 0 unspecified atom stereocenters. The molecule has 0 heterocycles. The highest BCUT2D eigenvalue weighted by Crippen LogP contribution is 2.20. The van der Waals surface area contributed by atoms with E-state index >= 15 is 0 Å². The lowest BCUT2D eigenvalue weighted by Gasteiger charge is -2.29. The van der Waals surface area contributed by atoms with Crippen LogP contribution in [0, 0.1) is 5.92 Å². The molecule has 0 aliphatic carbocycles. The molecule has 0 N–H and O–H groups in total. The average Bonchev–Trinajstić information content (AvgIpc) is 2.45. The van der Waals surface area contributed by atoms with Gasteiger partial charge in [-0.3, -0.25) is 0 Å². The van der Waals surface area contributed by atoms with E-state index in [9.17, 15) is 0 Å². The predicted octanol–water partition coefficient (Wildman–Crippen LogP) is 5.91. The average molecular weight is 303 g/mol. The molecule has 3 heteroatoms. The van der Waals surface area contributed by atoms with Crippen molar-refractivity contribution in [2.24, 2.45) is 5.92 Å². The van der Waals surface area contributed by atoms with E-state index in [2.05, 4.69) is 34.6 Å². The maximum Gasteiger partial charge on any atom is 0.337 e. The van der Waals surface area contributed by atoms with Crippen molar-refractivity contribution in [2.45, 2.75) is 91.7 Å². The molecule has 0 aliphatic rings. The van der Waals surface area contributed by atoms with Crippen molar-refractivity contribution in [3.63, 3.8) is 0 Å². The van der Waals surface area contributed by atoms with Gasteiger partial charge in [0.25, 0.3) is 0 Å². The number of hydrogen-bond acceptors (Lipinski definition) is 2. The standard InChI is InChI=1S/C17H38O2Si/c1-6-9-10-11-12-13-14-15-18-20(7-2,8-3)19-16-17(4)5/h17H,6-16H2,1-5H3. The van der Waals surface area contributed by atoms with E-state index < -0.39 is 8.56 Å². The smallest absolute Gasteiger partial charge is 0.337 e. The second kappa shape index (κ2) is 12.8. The summed E-state index contributed by atoms with van der Waals surface area (Å²) in [6.45, 7) is 12.9. The summed E-state index contributed by atoms with van der Waals surface area (Å²) in [5.74, 6) is 0.599. The third kappa shape index (κ3) is 9.95. The summed E-state index contributed by atoms with van der Waals surface area (Å²) >= 11 is 0. The van der Waals surface area contributed by atoms with Crippen LogP contribution < -0.4 is 0 Å². The molecule has 0 atom stereocenters. The Kier molecular flexibility index (Phi) is 12.9. The molecule has 20 heavy (non-hydrogen) atoms. The SMILES string of the molecule is CCCCCCCCCO[Si](CC)(CC)OCC(C)C. The van der Waals surface area contributed by atoms with Gasteiger partial charge in [0.05, 0.1) is 0 Å². The van der Waals surface area contributed by atoms with Crippen LogP contribution in [0.2, 0.25) is 12.1 Å². The van der Waals surface area contributed by atoms with Crippen LogP contribution in [0.3, 0.4) is 0 Å². The van der Waals surface area contributed by atoms with E-state index in [1.54, 1.807) is 0 Å². The Bertz CT molecular complexity index is 203. The minimum absolute atomic E-state index is 0.599. The summed E-state index contributed by atoms with van der Waals surface area (Å²) in [7, 11) is -1.89. The van der Waals surface area contributed by atoms with E-state index in [1.807, 2.05) is 0 Å². The molecule has 0 saturated heterocycles. The Morgan fingerprint density at radius 1 is 0.750 bits per heavy atom. The van der Waals surface area contributed by atoms with Gasteiger partial charge in [-0.1, -0.05) is 73.1 Å². The molecule has 0 aromatic carbocycles. The predicted molar refractivity (Wildman–Crippen MR) is 91.5 cm³/mol. The van der Waals surface area contributed by atoms with E-state index in [1.165, 1.54) is 44.9 Å². The van der Waals surface area contributed by atoms with Gasteiger partial charge in [-0.25, -0.2) is 0 Å². The van der Waals surface area contributed by atoms with Crippen molar-refractivity contribution in [3.05, 3.63) is 0 Å². The van der Waals surface area contributed by atoms with Crippen LogP contribution in [0.15, 0.2) is 0 Å². The number of hydrogen-bond donors (Lipinski definition) is 0. The number of unbranched alkanes of at least 4 members (excludes halogenated alkanes) is 6. The topological polar surface area (TPSA) is 18.5 Å². The molecule has 0 aromatic rings. The first-order valence-corrected chi connectivity index (χ1v) is 11.1. The summed E-state index contributed by atoms with van der Waals surface area (Å²) in [4.78, 5) is 0. The lowest BCUT2D eigenvalue weighted by atomic mass is 10.1. The molecule has 0 aliphatic heterocycles. The Morgan fingerprint density at radius 2 is 1.30 bits per heavy atom. The second-order valence-electron chi connectivity index (χ2n) is 6.29. The second-order valence-corrected chi connectivity index (χ2v) is 10.1. The Hall–Kier alpha value is 0.137. The van der Waals surface area contributed by atoms with Gasteiger partial charge in [-0.15, -0.1) is 0 Å². The molecule has 0 fully saturated rings. The molecule has 0 saturated carbocycles. The maximum absolute atomic E-state index is 6.22. The molecule has 0 aromatic heterocycles. The summed E-state index contributed by atoms with van der Waals surface area (Å²) in [5.41, 5.74) is 0. The van der Waals surface area contributed by atoms with Gasteiger partial charge >= 0.3 is 8.56 Å². The molecular formula is C17H38O2Si. The fourth-order valence-electron chi connectivity index (χ4n) is 2.34. The summed E-state index contributed by atoms with van der Waals surface area (Å²) in [6.07, 6.45) is 9.39. The van der Waals surface area contributed by atoms with Crippen LogP contribution in [-0.2, 0) is 8.85 Å². The van der Waals surface area contributed by atoms with Gasteiger partial charge < -0.3 is 8.85 Å². The van der Waals surface area contributed by atoms with Crippen molar-refractivity contribution in [1.29, 1.82) is 0 Å². The Morgan fingerprint density at radius 3 is 1.80 bits per heavy atom. The van der Waals surface area contributed by atoms with Crippen LogP contribution in [0.5, 0.6) is 0 Å². The Labute approximate surface area is 128 Å². The van der Waals surface area contributed by atoms with Crippen molar-refractivity contribution in [3.8, 4) is 0 Å². The van der Waals surface area contributed by atoms with Gasteiger partial charge in [0.15, 0.2) is 0 Å². The highest BCUT2D eigenvalue weighted by Gasteiger charge is 2.33. The molecule has 0 rings (SSSR count). The van der Waals surface area contributed by atoms with Crippen molar-refractivity contribution in [1.82, 2.24) is 0 Å². The molecule has 2 nitrogen and oxygen atoms in total. The van der Waals surface area contributed by atoms with Crippen molar-refractivity contribution >= 4 is 8.56 Å². The summed E-state index contributed by atoms with van der Waals surface area (Å²) < 4.78 is 12.4. The minimum Gasteiger partial charge on any atom is -0.394 e. The normalized spacial score (nSPS) is 12.3. The van der Waals surface area contributed by atoms with Crippen LogP contribution in [0.1, 0.15) is 79.6 Å². The molecule has 0 bridgehead atoms. The monoisotopic (exact) mass is 302 g/mol. The fraction of sp³-hybridized carbons (Fsp3) is 1.00. The van der Waals surface area contributed by atoms with Crippen LogP contribution in [-0.4, -0.2) is 21.8 Å². The zero-order valence-corrected chi connectivity index (χ0v) is 15.7. The zero-order chi connectivity index (χ0) is 15.3. The highest BCUT2D eigenvalue weighted by atomic mass is 28.4. The Balaban J connectivity index is 3.74.